The molecule has 0 aliphatic rings. The van der Waals surface area contributed by atoms with Crippen LogP contribution in [-0.2, 0) is 7.05 Å². The largest absolute Gasteiger partial charge is 0.275 e. The molecule has 106 valence electrons. The van der Waals surface area contributed by atoms with Gasteiger partial charge in [0.15, 0.2) is 5.82 Å². The number of hydrogen-bond acceptors (Lipinski definition) is 3. The second-order valence-electron chi connectivity index (χ2n) is 4.36. The van der Waals surface area contributed by atoms with Crippen LogP contribution >= 0.6 is 23.2 Å². The van der Waals surface area contributed by atoms with E-state index in [2.05, 4.69) is 15.1 Å². The average Bonchev–Trinajstić information content (AvgIpc) is 2.87. The fourth-order valence-corrected chi connectivity index (χ4v) is 2.53. The maximum Gasteiger partial charge on any atom is 0.182 e. The highest BCUT2D eigenvalue weighted by atomic mass is 35.5. The molecule has 7 heteroatoms. The molecule has 0 radical (unpaired) electrons. The monoisotopic (exact) mass is 322 g/mol. The summed E-state index contributed by atoms with van der Waals surface area (Å²) in [5.41, 5.74) is 1.08. The van der Waals surface area contributed by atoms with Gasteiger partial charge in [0.1, 0.15) is 21.8 Å². The van der Waals surface area contributed by atoms with E-state index in [0.29, 0.717) is 11.5 Å². The molecule has 0 saturated heterocycles. The topological polar surface area (TPSA) is 43.6 Å². The van der Waals surface area contributed by atoms with Gasteiger partial charge in [0.25, 0.3) is 0 Å². The second kappa shape index (κ2) is 5.42. The van der Waals surface area contributed by atoms with Gasteiger partial charge in [-0.25, -0.2) is 14.4 Å². The molecule has 2 aromatic heterocycles. The number of aromatic nitrogens is 4. The molecule has 0 aliphatic carbocycles. The fraction of sp³-hybridized carbons (Fsp3) is 0.0714. The molecular formula is C14H9Cl2FN4. The van der Waals surface area contributed by atoms with Gasteiger partial charge in [0.2, 0.25) is 0 Å². The summed E-state index contributed by atoms with van der Waals surface area (Å²) in [5.74, 6) is -0.138. The van der Waals surface area contributed by atoms with Gasteiger partial charge in [0.05, 0.1) is 5.56 Å². The minimum Gasteiger partial charge on any atom is -0.275 e. The van der Waals surface area contributed by atoms with Crippen molar-refractivity contribution in [2.45, 2.75) is 0 Å². The van der Waals surface area contributed by atoms with Crippen molar-refractivity contribution in [3.8, 4) is 22.6 Å². The Morgan fingerprint density at radius 3 is 2.29 bits per heavy atom. The third-order valence-corrected chi connectivity index (χ3v) is 3.45. The minimum absolute atomic E-state index is 0.0840. The Morgan fingerprint density at radius 2 is 1.71 bits per heavy atom. The van der Waals surface area contributed by atoms with Crippen LogP contribution in [0.15, 0.2) is 36.5 Å². The van der Waals surface area contributed by atoms with Crippen molar-refractivity contribution < 1.29 is 4.39 Å². The van der Waals surface area contributed by atoms with E-state index in [1.165, 1.54) is 6.07 Å². The van der Waals surface area contributed by atoms with Crippen LogP contribution < -0.4 is 0 Å². The molecule has 0 aliphatic heterocycles. The number of hydrogen-bond donors (Lipinski definition) is 0. The zero-order valence-corrected chi connectivity index (χ0v) is 12.4. The SMILES string of the molecule is Cn1ccc(-c2nc(Cl)c(-c3ccccc3F)c(Cl)n2)n1. The highest BCUT2D eigenvalue weighted by molar-refractivity contribution is 6.37. The van der Waals surface area contributed by atoms with E-state index in [9.17, 15) is 4.39 Å². The summed E-state index contributed by atoms with van der Waals surface area (Å²) in [6.07, 6.45) is 1.76. The first kappa shape index (κ1) is 14.0. The maximum atomic E-state index is 13.9. The molecule has 0 saturated carbocycles. The van der Waals surface area contributed by atoms with Crippen LogP contribution in [0, 0.1) is 5.82 Å². The Labute approximate surface area is 130 Å². The summed E-state index contributed by atoms with van der Waals surface area (Å²) in [5, 5.41) is 4.35. The first-order valence-corrected chi connectivity index (χ1v) is 6.80. The zero-order chi connectivity index (χ0) is 15.0. The molecule has 0 atom stereocenters. The molecule has 0 N–H and O–H groups in total. The van der Waals surface area contributed by atoms with E-state index in [4.69, 9.17) is 23.2 Å². The molecule has 4 nitrogen and oxygen atoms in total. The standard InChI is InChI=1S/C14H9Cl2FN4/c1-21-7-6-10(20-21)14-18-12(15)11(13(16)19-14)8-4-2-3-5-9(8)17/h2-7H,1H3. The molecule has 0 bridgehead atoms. The highest BCUT2D eigenvalue weighted by Crippen LogP contribution is 2.35. The lowest BCUT2D eigenvalue weighted by molar-refractivity contribution is 0.631. The van der Waals surface area contributed by atoms with E-state index in [1.807, 2.05) is 0 Å². The van der Waals surface area contributed by atoms with Gasteiger partial charge in [0, 0.05) is 18.8 Å². The van der Waals surface area contributed by atoms with E-state index >= 15 is 0 Å². The first-order valence-electron chi connectivity index (χ1n) is 6.04. The lowest BCUT2D eigenvalue weighted by Gasteiger charge is -2.08. The minimum atomic E-state index is -0.435. The number of rotatable bonds is 2. The zero-order valence-electron chi connectivity index (χ0n) is 10.9. The van der Waals surface area contributed by atoms with Crippen molar-refractivity contribution in [1.82, 2.24) is 19.7 Å². The first-order chi connectivity index (χ1) is 10.1. The van der Waals surface area contributed by atoms with Gasteiger partial charge in [-0.1, -0.05) is 41.4 Å². The van der Waals surface area contributed by atoms with Gasteiger partial charge in [-0.05, 0) is 12.1 Å². The van der Waals surface area contributed by atoms with E-state index in [-0.39, 0.29) is 21.4 Å². The molecule has 3 rings (SSSR count). The molecule has 1 aromatic carbocycles. The number of benzene rings is 1. The van der Waals surface area contributed by atoms with Crippen LogP contribution in [0.25, 0.3) is 22.6 Å². The van der Waals surface area contributed by atoms with Crippen molar-refractivity contribution in [2.24, 2.45) is 7.05 Å². The Balaban J connectivity index is 2.15. The molecular weight excluding hydrogens is 314 g/mol. The number of halogens is 3. The van der Waals surface area contributed by atoms with Gasteiger partial charge in [-0.3, -0.25) is 4.68 Å². The smallest absolute Gasteiger partial charge is 0.182 e. The number of aryl methyl sites for hydroxylation is 1. The fourth-order valence-electron chi connectivity index (χ4n) is 1.94. The maximum absolute atomic E-state index is 13.9. The number of nitrogens with zero attached hydrogens (tertiary/aromatic N) is 4. The van der Waals surface area contributed by atoms with Crippen molar-refractivity contribution in [3.63, 3.8) is 0 Å². The van der Waals surface area contributed by atoms with Crippen molar-refractivity contribution in [3.05, 3.63) is 52.7 Å². The summed E-state index contributed by atoms with van der Waals surface area (Å²) in [6, 6.07) is 7.92. The van der Waals surface area contributed by atoms with Crippen molar-refractivity contribution in [1.29, 1.82) is 0 Å². The molecule has 0 spiro atoms. The third kappa shape index (κ3) is 2.62. The van der Waals surface area contributed by atoms with Crippen LogP contribution in [0.2, 0.25) is 10.3 Å². The Kier molecular flexibility index (Phi) is 3.61. The van der Waals surface area contributed by atoms with E-state index in [0.717, 1.165) is 0 Å². The van der Waals surface area contributed by atoms with Crippen molar-refractivity contribution in [2.75, 3.05) is 0 Å². The van der Waals surface area contributed by atoms with Crippen molar-refractivity contribution >= 4 is 23.2 Å². The summed E-state index contributed by atoms with van der Waals surface area (Å²) in [4.78, 5) is 8.32. The lowest BCUT2D eigenvalue weighted by atomic mass is 10.1. The Morgan fingerprint density at radius 1 is 1.05 bits per heavy atom. The lowest BCUT2D eigenvalue weighted by Crippen LogP contribution is -1.97. The molecule has 2 heterocycles. The van der Waals surface area contributed by atoms with Crippen LogP contribution in [-0.4, -0.2) is 19.7 Å². The van der Waals surface area contributed by atoms with E-state index in [1.54, 1.807) is 42.2 Å². The molecule has 0 unspecified atom stereocenters. The van der Waals surface area contributed by atoms with Crippen LogP contribution in [0.3, 0.4) is 0 Å². The summed E-state index contributed by atoms with van der Waals surface area (Å²) >= 11 is 12.3. The summed E-state index contributed by atoms with van der Waals surface area (Å²) in [6.45, 7) is 0. The Bertz CT molecular complexity index is 793. The van der Waals surface area contributed by atoms with Gasteiger partial charge < -0.3 is 0 Å². The van der Waals surface area contributed by atoms with Gasteiger partial charge >= 0.3 is 0 Å². The summed E-state index contributed by atoms with van der Waals surface area (Å²) in [7, 11) is 1.78. The molecule has 0 amide bonds. The molecule has 0 fully saturated rings. The quantitative estimate of drug-likeness (QED) is 0.670. The predicted octanol–water partition coefficient (Wildman–Crippen LogP) is 3.99. The van der Waals surface area contributed by atoms with Crippen LogP contribution in [0.5, 0.6) is 0 Å². The van der Waals surface area contributed by atoms with E-state index < -0.39 is 5.82 Å². The predicted molar refractivity (Wildman–Crippen MR) is 79.6 cm³/mol. The summed E-state index contributed by atoms with van der Waals surface area (Å²) < 4.78 is 15.5. The molecule has 21 heavy (non-hydrogen) atoms. The van der Waals surface area contributed by atoms with Gasteiger partial charge in [-0.15, -0.1) is 0 Å². The molecule has 3 aromatic rings. The Hall–Kier alpha value is -1.98. The van der Waals surface area contributed by atoms with Gasteiger partial charge in [-0.2, -0.15) is 5.10 Å². The highest BCUT2D eigenvalue weighted by Gasteiger charge is 2.18. The average molecular weight is 323 g/mol. The third-order valence-electron chi connectivity index (χ3n) is 2.91. The van der Waals surface area contributed by atoms with Crippen LogP contribution in [0.4, 0.5) is 4.39 Å². The van der Waals surface area contributed by atoms with Crippen LogP contribution in [0.1, 0.15) is 0 Å². The second-order valence-corrected chi connectivity index (χ2v) is 5.07. The normalized spacial score (nSPS) is 10.9.